The molecule has 0 spiro atoms. The number of nitrogens with zero attached hydrogens (tertiary/aromatic N) is 1. The highest BCUT2D eigenvalue weighted by Crippen LogP contribution is 2.20. The Labute approximate surface area is 118 Å². The van der Waals surface area contributed by atoms with E-state index >= 15 is 0 Å². The van der Waals surface area contributed by atoms with Gasteiger partial charge in [0, 0.05) is 29.9 Å². The summed E-state index contributed by atoms with van der Waals surface area (Å²) in [5.74, 6) is 0.419. The molecule has 2 rings (SSSR count). The van der Waals surface area contributed by atoms with E-state index in [-0.39, 0.29) is 0 Å². The van der Waals surface area contributed by atoms with Gasteiger partial charge in [-0.05, 0) is 31.5 Å². The maximum atomic E-state index is 12.1. The van der Waals surface area contributed by atoms with Crippen molar-refractivity contribution in [3.8, 4) is 0 Å². The standard InChI is InChI=1S/C12H21N3O2S2/c1-2-15-4-3-10(8-15)7-14-19(16,17)12-5-11(6-13)18-9-12/h5,9-10,14H,2-4,6-8,13H2,1H3. The summed E-state index contributed by atoms with van der Waals surface area (Å²) < 4.78 is 26.9. The van der Waals surface area contributed by atoms with Gasteiger partial charge in [-0.1, -0.05) is 6.92 Å². The van der Waals surface area contributed by atoms with Crippen molar-refractivity contribution in [2.45, 2.75) is 24.8 Å². The monoisotopic (exact) mass is 303 g/mol. The normalized spacial score (nSPS) is 21.1. The van der Waals surface area contributed by atoms with Crippen LogP contribution < -0.4 is 10.5 Å². The fourth-order valence-corrected chi connectivity index (χ4v) is 4.56. The maximum absolute atomic E-state index is 12.1. The van der Waals surface area contributed by atoms with E-state index in [9.17, 15) is 8.42 Å². The van der Waals surface area contributed by atoms with Gasteiger partial charge < -0.3 is 10.6 Å². The van der Waals surface area contributed by atoms with E-state index in [1.54, 1.807) is 11.4 Å². The summed E-state index contributed by atoms with van der Waals surface area (Å²) >= 11 is 1.39. The average Bonchev–Trinajstić information content (AvgIpc) is 3.05. The fraction of sp³-hybridized carbons (Fsp3) is 0.667. The van der Waals surface area contributed by atoms with Crippen molar-refractivity contribution in [2.24, 2.45) is 11.7 Å². The summed E-state index contributed by atoms with van der Waals surface area (Å²) in [6.45, 7) is 6.12. The van der Waals surface area contributed by atoms with E-state index in [0.29, 0.717) is 23.9 Å². The van der Waals surface area contributed by atoms with Gasteiger partial charge in [0.15, 0.2) is 0 Å². The Morgan fingerprint density at radius 1 is 1.58 bits per heavy atom. The zero-order valence-corrected chi connectivity index (χ0v) is 12.8. The predicted molar refractivity (Wildman–Crippen MR) is 77.6 cm³/mol. The predicted octanol–water partition coefficient (Wildman–Crippen LogP) is 0.827. The Bertz CT molecular complexity index is 513. The molecule has 1 aromatic heterocycles. The number of thiophene rings is 1. The molecule has 0 aromatic carbocycles. The first-order chi connectivity index (χ1) is 9.05. The molecule has 0 saturated carbocycles. The van der Waals surface area contributed by atoms with E-state index in [2.05, 4.69) is 16.5 Å². The molecule has 5 nitrogen and oxygen atoms in total. The second-order valence-corrected chi connectivity index (χ2v) is 7.62. The third-order valence-electron chi connectivity index (χ3n) is 3.52. The smallest absolute Gasteiger partial charge is 0.241 e. The SMILES string of the molecule is CCN1CCC(CNS(=O)(=O)c2csc(CN)c2)C1. The molecule has 0 bridgehead atoms. The Hall–Kier alpha value is -0.470. The molecule has 0 amide bonds. The molecule has 1 saturated heterocycles. The summed E-state index contributed by atoms with van der Waals surface area (Å²) in [6.07, 6.45) is 1.06. The number of nitrogens with one attached hydrogen (secondary N) is 1. The van der Waals surface area contributed by atoms with Crippen LogP contribution in [0.25, 0.3) is 0 Å². The highest BCUT2D eigenvalue weighted by Gasteiger charge is 2.23. The summed E-state index contributed by atoms with van der Waals surface area (Å²) in [4.78, 5) is 3.57. The molecule has 1 atom stereocenters. The number of sulfonamides is 1. The summed E-state index contributed by atoms with van der Waals surface area (Å²) in [7, 11) is -3.37. The van der Waals surface area contributed by atoms with Gasteiger partial charge in [0.25, 0.3) is 0 Å². The van der Waals surface area contributed by atoms with Gasteiger partial charge in [-0.15, -0.1) is 11.3 Å². The van der Waals surface area contributed by atoms with Crippen LogP contribution in [0.15, 0.2) is 16.3 Å². The largest absolute Gasteiger partial charge is 0.326 e. The molecule has 0 aliphatic carbocycles. The van der Waals surface area contributed by atoms with Crippen molar-refractivity contribution < 1.29 is 8.42 Å². The number of nitrogens with two attached hydrogens (primary N) is 1. The van der Waals surface area contributed by atoms with Crippen LogP contribution in [-0.4, -0.2) is 39.5 Å². The molecule has 1 aromatic rings. The first kappa shape index (κ1) is 14.9. The molecule has 0 radical (unpaired) electrons. The zero-order valence-electron chi connectivity index (χ0n) is 11.1. The van der Waals surface area contributed by atoms with Gasteiger partial charge in [-0.25, -0.2) is 13.1 Å². The van der Waals surface area contributed by atoms with Crippen molar-refractivity contribution in [2.75, 3.05) is 26.2 Å². The Kier molecular flexibility index (Phi) is 4.97. The Morgan fingerprint density at radius 3 is 2.95 bits per heavy atom. The Morgan fingerprint density at radius 2 is 2.37 bits per heavy atom. The lowest BCUT2D eigenvalue weighted by molar-refractivity contribution is 0.342. The van der Waals surface area contributed by atoms with Gasteiger partial charge in [-0.3, -0.25) is 0 Å². The number of likely N-dealkylation sites (tertiary alicyclic amines) is 1. The molecule has 1 aliphatic rings. The quantitative estimate of drug-likeness (QED) is 0.816. The number of hydrogen-bond donors (Lipinski definition) is 2. The first-order valence-corrected chi connectivity index (χ1v) is 8.91. The number of rotatable bonds is 6. The fourth-order valence-electron chi connectivity index (χ4n) is 2.29. The van der Waals surface area contributed by atoms with Crippen molar-refractivity contribution >= 4 is 21.4 Å². The lowest BCUT2D eigenvalue weighted by Crippen LogP contribution is -2.30. The lowest BCUT2D eigenvalue weighted by Gasteiger charge is -2.13. The molecule has 1 fully saturated rings. The maximum Gasteiger partial charge on any atom is 0.241 e. The molecular formula is C12H21N3O2S2. The van der Waals surface area contributed by atoms with Crippen molar-refractivity contribution in [1.29, 1.82) is 0 Å². The van der Waals surface area contributed by atoms with Crippen LogP contribution in [0.4, 0.5) is 0 Å². The zero-order chi connectivity index (χ0) is 13.9. The van der Waals surface area contributed by atoms with Crippen molar-refractivity contribution in [3.63, 3.8) is 0 Å². The van der Waals surface area contributed by atoms with E-state index < -0.39 is 10.0 Å². The van der Waals surface area contributed by atoms with Crippen molar-refractivity contribution in [3.05, 3.63) is 16.3 Å². The van der Waals surface area contributed by atoms with E-state index in [1.807, 2.05) is 0 Å². The van der Waals surface area contributed by atoms with Crippen LogP contribution in [-0.2, 0) is 16.6 Å². The van der Waals surface area contributed by atoms with Gasteiger partial charge in [0.05, 0.1) is 4.90 Å². The van der Waals surface area contributed by atoms with Crippen molar-refractivity contribution in [1.82, 2.24) is 9.62 Å². The third kappa shape index (κ3) is 3.76. The lowest BCUT2D eigenvalue weighted by atomic mass is 10.1. The van der Waals surface area contributed by atoms with Crippen LogP contribution in [0, 0.1) is 5.92 Å². The van der Waals surface area contributed by atoms with E-state index in [0.717, 1.165) is 30.9 Å². The van der Waals surface area contributed by atoms with Gasteiger partial charge in [-0.2, -0.15) is 0 Å². The van der Waals surface area contributed by atoms with Gasteiger partial charge in [0.2, 0.25) is 10.0 Å². The molecule has 3 N–H and O–H groups in total. The highest BCUT2D eigenvalue weighted by molar-refractivity contribution is 7.89. The molecule has 1 unspecified atom stereocenters. The summed E-state index contributed by atoms with van der Waals surface area (Å²) in [6, 6.07) is 1.65. The van der Waals surface area contributed by atoms with Crippen LogP contribution in [0.3, 0.4) is 0 Å². The summed E-state index contributed by atoms with van der Waals surface area (Å²) in [5, 5.41) is 1.65. The molecule has 7 heteroatoms. The average molecular weight is 303 g/mol. The van der Waals surface area contributed by atoms with Gasteiger partial charge in [0.1, 0.15) is 0 Å². The minimum Gasteiger partial charge on any atom is -0.326 e. The second kappa shape index (κ2) is 6.32. The third-order valence-corrected chi connectivity index (χ3v) is 6.03. The Balaban J connectivity index is 1.91. The minimum absolute atomic E-state index is 0.336. The van der Waals surface area contributed by atoms with E-state index in [1.165, 1.54) is 11.3 Å². The molecule has 19 heavy (non-hydrogen) atoms. The van der Waals surface area contributed by atoms with E-state index in [4.69, 9.17) is 5.73 Å². The minimum atomic E-state index is -3.37. The molecule has 1 aliphatic heterocycles. The topological polar surface area (TPSA) is 75.4 Å². The van der Waals surface area contributed by atoms with Crippen LogP contribution in [0.2, 0.25) is 0 Å². The molecular weight excluding hydrogens is 282 g/mol. The molecule has 2 heterocycles. The number of hydrogen-bond acceptors (Lipinski definition) is 5. The second-order valence-electron chi connectivity index (χ2n) is 4.85. The van der Waals surface area contributed by atoms with Crippen LogP contribution in [0.1, 0.15) is 18.2 Å². The molecule has 108 valence electrons. The van der Waals surface area contributed by atoms with Gasteiger partial charge >= 0.3 is 0 Å². The summed E-state index contributed by atoms with van der Waals surface area (Å²) in [5.41, 5.74) is 5.50. The first-order valence-electron chi connectivity index (χ1n) is 6.54. The van der Waals surface area contributed by atoms with Crippen LogP contribution in [0.5, 0.6) is 0 Å². The van der Waals surface area contributed by atoms with Crippen LogP contribution >= 0.6 is 11.3 Å². The highest BCUT2D eigenvalue weighted by atomic mass is 32.2.